The van der Waals surface area contributed by atoms with Gasteiger partial charge >= 0.3 is 0 Å². The maximum absolute atomic E-state index is 11.9. The lowest BCUT2D eigenvalue weighted by Gasteiger charge is -2.07. The first kappa shape index (κ1) is 85.4. The van der Waals surface area contributed by atoms with Crippen LogP contribution in [0.15, 0.2) is 0 Å². The summed E-state index contributed by atoms with van der Waals surface area (Å²) in [6.07, 6.45) is 33.2. The number of hydrogen-bond acceptors (Lipinski definition) is 12. The van der Waals surface area contributed by atoms with Gasteiger partial charge in [0.2, 0.25) is 0 Å². The van der Waals surface area contributed by atoms with Crippen molar-refractivity contribution in [2.75, 3.05) is 52.9 Å². The third kappa shape index (κ3) is 71.7. The molecule has 0 aromatic heterocycles. The van der Waals surface area contributed by atoms with Crippen LogP contribution in [0.25, 0.3) is 0 Å². The Hall–Kier alpha value is -2.80. The van der Waals surface area contributed by atoms with Crippen LogP contribution in [0.5, 0.6) is 0 Å². The lowest BCUT2D eigenvalue weighted by atomic mass is 10.00. The molecule has 0 radical (unpaired) electrons. The maximum atomic E-state index is 11.9. The number of ether oxygens (including phenoxy) is 4. The smallest absolute Gasteiger partial charge is 0.137 e. The zero-order chi connectivity index (χ0) is 63.4. The van der Waals surface area contributed by atoms with Gasteiger partial charge in [-0.05, 0) is 94.3 Å². The molecule has 0 fully saturated rings. The van der Waals surface area contributed by atoms with Crippen LogP contribution in [0.1, 0.15) is 327 Å². The van der Waals surface area contributed by atoms with E-state index in [2.05, 4.69) is 55.4 Å². The van der Waals surface area contributed by atoms with E-state index < -0.39 is 0 Å². The van der Waals surface area contributed by atoms with Crippen molar-refractivity contribution in [1.82, 2.24) is 0 Å². The number of rotatable bonds is 61. The van der Waals surface area contributed by atoms with Crippen molar-refractivity contribution >= 4 is 46.3 Å². The summed E-state index contributed by atoms with van der Waals surface area (Å²) >= 11 is 0. The Morgan fingerprint density at radius 1 is 0.202 bits per heavy atom. The van der Waals surface area contributed by atoms with E-state index in [1.54, 1.807) is 0 Å². The Morgan fingerprint density at radius 2 is 0.429 bits per heavy atom. The predicted molar refractivity (Wildman–Crippen MR) is 348 cm³/mol. The van der Waals surface area contributed by atoms with Crippen LogP contribution < -0.4 is 0 Å². The number of carbonyl (C=O) groups is 8. The molecule has 0 rings (SSSR count). The highest BCUT2D eigenvalue weighted by Crippen LogP contribution is 2.16. The summed E-state index contributed by atoms with van der Waals surface area (Å²) in [5.41, 5.74) is 0. The van der Waals surface area contributed by atoms with Crippen molar-refractivity contribution < 1.29 is 57.3 Å². The van der Waals surface area contributed by atoms with Crippen LogP contribution in [-0.4, -0.2) is 99.1 Å². The standard InChI is InChI=1S/C26H48O6.C25H46O3.C21H40O3/c1-22(2)10-6-5-7-11-24(27)12-8-13-25(28)14-9-16-30-18-20-32-21-19-31-17-15-26(29)23(3)4;1-21(2)15-10-9-12-17-24(27)19-14-18-23(26)16-11-7-5-6-8-13-20-25(28)22(3)4;1-18(2)10-6-5-7-11-20(22)12-8-13-21(23)14-9-16-24-17-15-19(3)4/h22-23H,5-21H2,1-4H3;21-22H,5-20H2,1-4H3;18-19H,5-17H2,1-4H3. The number of Topliss-reactive ketones (excluding diaryl/α,β-unsaturated/α-hetero) is 8. The van der Waals surface area contributed by atoms with Gasteiger partial charge < -0.3 is 18.9 Å². The van der Waals surface area contributed by atoms with Gasteiger partial charge in [-0.25, -0.2) is 0 Å². The molecule has 0 unspecified atom stereocenters. The van der Waals surface area contributed by atoms with Crippen molar-refractivity contribution in [3.63, 3.8) is 0 Å². The molecule has 0 aromatic rings. The Labute approximate surface area is 516 Å². The fourth-order valence-electron chi connectivity index (χ4n) is 9.14. The molecule has 0 aromatic carbocycles. The number of ketones is 8. The fourth-order valence-corrected chi connectivity index (χ4v) is 9.14. The summed E-state index contributed by atoms with van der Waals surface area (Å²) < 4.78 is 21.8. The second kappa shape index (κ2) is 63.2. The van der Waals surface area contributed by atoms with Crippen LogP contribution in [0, 0.1) is 35.5 Å². The van der Waals surface area contributed by atoms with E-state index >= 15 is 0 Å². The molecule has 0 N–H and O–H groups in total. The molecule has 84 heavy (non-hydrogen) atoms. The maximum Gasteiger partial charge on any atom is 0.137 e. The van der Waals surface area contributed by atoms with Crippen molar-refractivity contribution in [1.29, 1.82) is 0 Å². The van der Waals surface area contributed by atoms with Gasteiger partial charge in [0.15, 0.2) is 0 Å². The van der Waals surface area contributed by atoms with Crippen molar-refractivity contribution in [3.8, 4) is 0 Å². The van der Waals surface area contributed by atoms with Crippen molar-refractivity contribution in [2.45, 2.75) is 327 Å². The van der Waals surface area contributed by atoms with Crippen LogP contribution in [0.4, 0.5) is 0 Å². The van der Waals surface area contributed by atoms with Gasteiger partial charge in [-0.15, -0.1) is 0 Å². The van der Waals surface area contributed by atoms with E-state index in [4.69, 9.17) is 18.9 Å². The average molecular weight is 1190 g/mol. The highest BCUT2D eigenvalue weighted by atomic mass is 16.5. The normalized spacial score (nSPS) is 11.4. The van der Waals surface area contributed by atoms with Gasteiger partial charge in [0.1, 0.15) is 46.3 Å². The fraction of sp³-hybridized carbons (Fsp3) is 0.889. The van der Waals surface area contributed by atoms with Crippen LogP contribution in [0.2, 0.25) is 0 Å². The molecular formula is C72H134O12. The predicted octanol–water partition coefficient (Wildman–Crippen LogP) is 18.3. The van der Waals surface area contributed by atoms with Gasteiger partial charge in [-0.2, -0.15) is 0 Å². The Morgan fingerprint density at radius 3 is 0.738 bits per heavy atom. The third-order valence-corrected chi connectivity index (χ3v) is 14.9. The SMILES string of the molecule is CC(C)CCCCCC(=O)CCCC(=O)CCCCCCCCC(=O)C(C)C.CC(C)CCCCCC(=O)CCCC(=O)CCCOCCC(C)C.CC(C)CCCCCC(=O)CCCC(=O)CCCOCCOCCOCCC(=O)C(C)C. The van der Waals surface area contributed by atoms with E-state index in [0.717, 1.165) is 127 Å². The molecule has 0 saturated carbocycles. The molecule has 0 aliphatic rings. The summed E-state index contributed by atoms with van der Waals surface area (Å²) in [4.78, 5) is 94.0. The molecule has 0 atom stereocenters. The summed E-state index contributed by atoms with van der Waals surface area (Å²) in [6, 6.07) is 0. The van der Waals surface area contributed by atoms with Crippen LogP contribution in [0.3, 0.4) is 0 Å². The average Bonchev–Trinajstić information content (AvgIpc) is 3.42. The summed E-state index contributed by atoms with van der Waals surface area (Å²) in [6.45, 7) is 29.8. The van der Waals surface area contributed by atoms with Crippen molar-refractivity contribution in [2.24, 2.45) is 35.5 Å². The number of unbranched alkanes of at least 4 members (excludes halogenated alkanes) is 11. The molecule has 0 bridgehead atoms. The summed E-state index contributed by atoms with van der Waals surface area (Å²) in [5.74, 6) is 5.46. The topological polar surface area (TPSA) is 173 Å². The van der Waals surface area contributed by atoms with Gasteiger partial charge in [0.25, 0.3) is 0 Å². The van der Waals surface area contributed by atoms with Gasteiger partial charge in [0.05, 0.1) is 33.0 Å². The number of carbonyl (C=O) groups excluding carboxylic acids is 8. The van der Waals surface area contributed by atoms with E-state index in [1.807, 2.05) is 27.7 Å². The minimum absolute atomic E-state index is 0.0608. The highest BCUT2D eigenvalue weighted by Gasteiger charge is 2.11. The Kier molecular flexibility index (Phi) is 64.3. The number of hydrogen-bond donors (Lipinski definition) is 0. The second-order valence-electron chi connectivity index (χ2n) is 26.2. The molecule has 494 valence electrons. The lowest BCUT2D eigenvalue weighted by Crippen LogP contribution is -2.13. The van der Waals surface area contributed by atoms with Crippen LogP contribution >= 0.6 is 0 Å². The molecule has 0 spiro atoms. The van der Waals surface area contributed by atoms with Crippen LogP contribution in [-0.2, 0) is 57.3 Å². The first-order chi connectivity index (χ1) is 40.1. The third-order valence-electron chi connectivity index (χ3n) is 14.9. The lowest BCUT2D eigenvalue weighted by molar-refractivity contribution is -0.123. The Bertz CT molecular complexity index is 1600. The Balaban J connectivity index is -0.00000118. The van der Waals surface area contributed by atoms with Gasteiger partial charge in [-0.3, -0.25) is 38.4 Å². The molecule has 0 aliphatic carbocycles. The molecule has 0 saturated heterocycles. The van der Waals surface area contributed by atoms with E-state index in [0.29, 0.717) is 184 Å². The second-order valence-corrected chi connectivity index (χ2v) is 26.2. The van der Waals surface area contributed by atoms with Gasteiger partial charge in [-0.1, -0.05) is 167 Å². The minimum Gasteiger partial charge on any atom is -0.381 e. The van der Waals surface area contributed by atoms with Gasteiger partial charge in [0, 0.05) is 122 Å². The summed E-state index contributed by atoms with van der Waals surface area (Å²) in [5, 5.41) is 0. The first-order valence-corrected chi connectivity index (χ1v) is 34.5. The van der Waals surface area contributed by atoms with Crippen molar-refractivity contribution in [3.05, 3.63) is 0 Å². The monoisotopic (exact) mass is 1190 g/mol. The van der Waals surface area contributed by atoms with E-state index in [1.165, 1.54) is 38.5 Å². The minimum atomic E-state index is 0.0608. The molecule has 12 nitrogen and oxygen atoms in total. The quantitative estimate of drug-likeness (QED) is 0.0528. The molecule has 0 amide bonds. The highest BCUT2D eigenvalue weighted by molar-refractivity contribution is 5.83. The largest absolute Gasteiger partial charge is 0.381 e. The summed E-state index contributed by atoms with van der Waals surface area (Å²) in [7, 11) is 0. The molecule has 0 aliphatic heterocycles. The van der Waals surface area contributed by atoms with E-state index in [9.17, 15) is 38.4 Å². The zero-order valence-electron chi connectivity index (χ0n) is 56.9. The molecular weight excluding hydrogens is 1060 g/mol. The van der Waals surface area contributed by atoms with E-state index in [-0.39, 0.29) is 29.2 Å². The first-order valence-electron chi connectivity index (χ1n) is 34.5. The zero-order valence-corrected chi connectivity index (χ0v) is 56.9. The molecule has 0 heterocycles. The molecule has 12 heteroatoms.